The molecule has 1 aromatic carbocycles. The maximum Gasteiger partial charge on any atom is 0.311 e. The highest BCUT2D eigenvalue weighted by molar-refractivity contribution is 5.72. The number of carbonyl (C=O) groups excluding carboxylic acids is 1. The molecule has 3 nitrogen and oxygen atoms in total. The molecule has 0 saturated heterocycles. The van der Waals surface area contributed by atoms with E-state index in [0.717, 1.165) is 18.4 Å². The second kappa shape index (κ2) is 5.92. The fourth-order valence-corrected chi connectivity index (χ4v) is 1.40. The molecule has 0 amide bonds. The number of carbonyl (C=O) groups is 1. The van der Waals surface area contributed by atoms with Crippen molar-refractivity contribution in [2.24, 2.45) is 0 Å². The first-order valence-electron chi connectivity index (χ1n) is 5.45. The summed E-state index contributed by atoms with van der Waals surface area (Å²) < 4.78 is 5.23. The number of hydrogen-bond donors (Lipinski definition) is 0. The minimum atomic E-state index is -0.220. The Kier molecular flexibility index (Phi) is 4.53. The van der Waals surface area contributed by atoms with E-state index in [9.17, 15) is 4.79 Å². The largest absolute Gasteiger partial charge is 0.426 e. The lowest BCUT2D eigenvalue weighted by atomic mass is 10.1. The third kappa shape index (κ3) is 3.09. The Hall–Kier alpha value is -1.82. The van der Waals surface area contributed by atoms with E-state index in [1.54, 1.807) is 18.2 Å². The highest BCUT2D eigenvalue weighted by Crippen LogP contribution is 2.21. The van der Waals surface area contributed by atoms with Crippen molar-refractivity contribution in [3.63, 3.8) is 0 Å². The average molecular weight is 217 g/mol. The van der Waals surface area contributed by atoms with Gasteiger partial charge in [0.25, 0.3) is 0 Å². The van der Waals surface area contributed by atoms with E-state index in [2.05, 4.69) is 6.07 Å². The van der Waals surface area contributed by atoms with E-state index in [1.807, 2.05) is 13.8 Å². The normalized spacial score (nSPS) is 9.56. The van der Waals surface area contributed by atoms with Gasteiger partial charge >= 0.3 is 5.97 Å². The van der Waals surface area contributed by atoms with E-state index in [1.165, 1.54) is 0 Å². The molecule has 0 atom stereocenters. The Balaban J connectivity index is 2.88. The monoisotopic (exact) mass is 217 g/mol. The summed E-state index contributed by atoms with van der Waals surface area (Å²) in [5.74, 6) is 0.349. The van der Waals surface area contributed by atoms with Crippen LogP contribution >= 0.6 is 0 Å². The first kappa shape index (κ1) is 12.3. The third-order valence-electron chi connectivity index (χ3n) is 2.25. The number of ether oxygens (including phenoxy) is 1. The fraction of sp³-hybridized carbons (Fsp3) is 0.385. The summed E-state index contributed by atoms with van der Waals surface area (Å²) in [6.45, 7) is 3.90. The van der Waals surface area contributed by atoms with Crippen molar-refractivity contribution in [2.75, 3.05) is 0 Å². The maximum absolute atomic E-state index is 11.3. The van der Waals surface area contributed by atoms with Gasteiger partial charge in [-0.25, -0.2) is 0 Å². The molecule has 84 valence electrons. The highest BCUT2D eigenvalue weighted by atomic mass is 16.5. The zero-order valence-electron chi connectivity index (χ0n) is 9.62. The molecule has 3 heteroatoms. The standard InChI is InChI=1S/C13H15NO2/c1-3-5-13(15)16-12-7-6-10(9-14)8-11(12)4-2/h6-8H,3-5H2,1-2H3. The van der Waals surface area contributed by atoms with Crippen LogP contribution in [0.2, 0.25) is 0 Å². The molecule has 0 aliphatic heterocycles. The van der Waals surface area contributed by atoms with Gasteiger partial charge in [-0.05, 0) is 36.6 Å². The van der Waals surface area contributed by atoms with Gasteiger partial charge < -0.3 is 4.74 Å². The van der Waals surface area contributed by atoms with Crippen LogP contribution in [0.5, 0.6) is 5.75 Å². The molecular weight excluding hydrogens is 202 g/mol. The summed E-state index contributed by atoms with van der Waals surface area (Å²) in [4.78, 5) is 11.3. The minimum Gasteiger partial charge on any atom is -0.426 e. The molecule has 0 spiro atoms. The van der Waals surface area contributed by atoms with Crippen LogP contribution < -0.4 is 4.74 Å². The number of nitriles is 1. The van der Waals surface area contributed by atoms with Gasteiger partial charge in [0.2, 0.25) is 0 Å². The zero-order valence-corrected chi connectivity index (χ0v) is 9.62. The Labute approximate surface area is 95.7 Å². The molecule has 0 aromatic heterocycles. The molecule has 1 aromatic rings. The first-order valence-corrected chi connectivity index (χ1v) is 5.45. The maximum atomic E-state index is 11.3. The molecule has 1 rings (SSSR count). The van der Waals surface area contributed by atoms with Crippen LogP contribution in [0.15, 0.2) is 18.2 Å². The number of benzene rings is 1. The molecule has 0 heterocycles. The minimum absolute atomic E-state index is 0.220. The predicted molar refractivity (Wildman–Crippen MR) is 61.1 cm³/mol. The molecule has 0 aliphatic rings. The van der Waals surface area contributed by atoms with Crippen molar-refractivity contribution in [2.45, 2.75) is 33.1 Å². The Morgan fingerprint density at radius 3 is 2.75 bits per heavy atom. The lowest BCUT2D eigenvalue weighted by molar-refractivity contribution is -0.134. The van der Waals surface area contributed by atoms with Crippen molar-refractivity contribution >= 4 is 5.97 Å². The molecule has 16 heavy (non-hydrogen) atoms. The smallest absolute Gasteiger partial charge is 0.311 e. The predicted octanol–water partition coefficient (Wildman–Crippen LogP) is 2.83. The van der Waals surface area contributed by atoms with E-state index in [0.29, 0.717) is 17.7 Å². The highest BCUT2D eigenvalue weighted by Gasteiger charge is 2.08. The summed E-state index contributed by atoms with van der Waals surface area (Å²) in [5, 5.41) is 8.76. The Bertz CT molecular complexity index is 418. The second-order valence-electron chi connectivity index (χ2n) is 3.51. The van der Waals surface area contributed by atoms with Crippen molar-refractivity contribution in [3.05, 3.63) is 29.3 Å². The molecule has 0 saturated carbocycles. The number of nitrogens with zero attached hydrogens (tertiary/aromatic N) is 1. The van der Waals surface area contributed by atoms with Gasteiger partial charge in [-0.3, -0.25) is 4.79 Å². The SMILES string of the molecule is CCCC(=O)Oc1ccc(C#N)cc1CC. The Morgan fingerprint density at radius 2 is 2.19 bits per heavy atom. The summed E-state index contributed by atoms with van der Waals surface area (Å²) in [6.07, 6.45) is 1.93. The van der Waals surface area contributed by atoms with Crippen molar-refractivity contribution < 1.29 is 9.53 Å². The van der Waals surface area contributed by atoms with E-state index in [-0.39, 0.29) is 5.97 Å². The summed E-state index contributed by atoms with van der Waals surface area (Å²) in [5.41, 5.74) is 1.48. The first-order chi connectivity index (χ1) is 7.71. The van der Waals surface area contributed by atoms with Crippen molar-refractivity contribution in [1.82, 2.24) is 0 Å². The summed E-state index contributed by atoms with van der Waals surface area (Å²) in [6, 6.07) is 7.17. The van der Waals surface area contributed by atoms with Gasteiger partial charge in [-0.15, -0.1) is 0 Å². The van der Waals surface area contributed by atoms with E-state index >= 15 is 0 Å². The average Bonchev–Trinajstić information content (AvgIpc) is 2.30. The zero-order chi connectivity index (χ0) is 12.0. The third-order valence-corrected chi connectivity index (χ3v) is 2.25. The van der Waals surface area contributed by atoms with E-state index < -0.39 is 0 Å². The van der Waals surface area contributed by atoms with Gasteiger partial charge in [-0.2, -0.15) is 5.26 Å². The van der Waals surface area contributed by atoms with Crippen LogP contribution in [-0.2, 0) is 11.2 Å². The van der Waals surface area contributed by atoms with Crippen LogP contribution in [0.25, 0.3) is 0 Å². The van der Waals surface area contributed by atoms with Gasteiger partial charge in [0.05, 0.1) is 11.6 Å². The topological polar surface area (TPSA) is 50.1 Å². The number of aryl methyl sites for hydroxylation is 1. The van der Waals surface area contributed by atoms with Crippen LogP contribution in [0.1, 0.15) is 37.8 Å². The quantitative estimate of drug-likeness (QED) is 0.575. The molecule has 0 bridgehead atoms. The number of esters is 1. The lowest BCUT2D eigenvalue weighted by Gasteiger charge is -2.08. The van der Waals surface area contributed by atoms with Crippen molar-refractivity contribution in [1.29, 1.82) is 5.26 Å². The van der Waals surface area contributed by atoms with Crippen LogP contribution in [0, 0.1) is 11.3 Å². The van der Waals surface area contributed by atoms with Gasteiger partial charge in [0, 0.05) is 6.42 Å². The van der Waals surface area contributed by atoms with Crippen LogP contribution in [0.4, 0.5) is 0 Å². The van der Waals surface area contributed by atoms with Gasteiger partial charge in [0.15, 0.2) is 0 Å². The summed E-state index contributed by atoms with van der Waals surface area (Å²) >= 11 is 0. The molecule has 0 N–H and O–H groups in total. The van der Waals surface area contributed by atoms with Crippen LogP contribution in [-0.4, -0.2) is 5.97 Å². The molecular formula is C13H15NO2. The van der Waals surface area contributed by atoms with Gasteiger partial charge in [0.1, 0.15) is 5.75 Å². The Morgan fingerprint density at radius 1 is 1.44 bits per heavy atom. The molecule has 0 radical (unpaired) electrons. The molecule has 0 aliphatic carbocycles. The van der Waals surface area contributed by atoms with Gasteiger partial charge in [-0.1, -0.05) is 13.8 Å². The molecule has 0 fully saturated rings. The lowest BCUT2D eigenvalue weighted by Crippen LogP contribution is -2.08. The second-order valence-corrected chi connectivity index (χ2v) is 3.51. The van der Waals surface area contributed by atoms with Crippen LogP contribution in [0.3, 0.4) is 0 Å². The fourth-order valence-electron chi connectivity index (χ4n) is 1.40. The summed E-state index contributed by atoms with van der Waals surface area (Å²) in [7, 11) is 0. The number of hydrogen-bond acceptors (Lipinski definition) is 3. The number of rotatable bonds is 4. The molecule has 0 unspecified atom stereocenters. The van der Waals surface area contributed by atoms with E-state index in [4.69, 9.17) is 10.00 Å². The van der Waals surface area contributed by atoms with Crippen molar-refractivity contribution in [3.8, 4) is 11.8 Å².